The van der Waals surface area contributed by atoms with Crippen molar-refractivity contribution in [3.63, 3.8) is 0 Å². The van der Waals surface area contributed by atoms with Crippen LogP contribution >= 0.6 is 11.3 Å². The van der Waals surface area contributed by atoms with Crippen LogP contribution in [0.3, 0.4) is 0 Å². The molecule has 0 saturated carbocycles. The zero-order valence-electron chi connectivity index (χ0n) is 10.1. The van der Waals surface area contributed by atoms with Crippen molar-refractivity contribution in [1.29, 1.82) is 0 Å². The molecule has 3 nitrogen and oxygen atoms in total. The van der Waals surface area contributed by atoms with Crippen LogP contribution < -0.4 is 11.3 Å². The fraction of sp³-hybridized carbons (Fsp3) is 0.214. The van der Waals surface area contributed by atoms with Crippen molar-refractivity contribution in [2.75, 3.05) is 6.54 Å². The molecule has 2 rings (SSSR count). The lowest BCUT2D eigenvalue weighted by atomic mass is 10.2. The van der Waals surface area contributed by atoms with E-state index in [4.69, 9.17) is 5.73 Å². The molecule has 0 aliphatic rings. The van der Waals surface area contributed by atoms with Crippen LogP contribution in [0.2, 0.25) is 0 Å². The molecular weight excluding hydrogens is 244 g/mol. The zero-order valence-corrected chi connectivity index (χ0v) is 11.0. The predicted molar refractivity (Wildman–Crippen MR) is 74.8 cm³/mol. The molecule has 2 N–H and O–H groups in total. The van der Waals surface area contributed by atoms with E-state index in [9.17, 15) is 4.79 Å². The van der Waals surface area contributed by atoms with Crippen molar-refractivity contribution in [1.82, 2.24) is 4.57 Å². The summed E-state index contributed by atoms with van der Waals surface area (Å²) in [5.41, 5.74) is 7.30. The number of pyridine rings is 1. The fourth-order valence-electron chi connectivity index (χ4n) is 1.69. The maximum atomic E-state index is 11.8. The van der Waals surface area contributed by atoms with E-state index >= 15 is 0 Å². The van der Waals surface area contributed by atoms with Gasteiger partial charge in [0, 0.05) is 22.2 Å². The van der Waals surface area contributed by atoms with Crippen LogP contribution in [-0.2, 0) is 6.54 Å². The Morgan fingerprint density at radius 3 is 2.94 bits per heavy atom. The maximum absolute atomic E-state index is 11.8. The number of hydrogen-bond donors (Lipinski definition) is 1. The Morgan fingerprint density at radius 2 is 2.22 bits per heavy atom. The Morgan fingerprint density at radius 1 is 1.39 bits per heavy atom. The van der Waals surface area contributed by atoms with Gasteiger partial charge in [0.25, 0.3) is 5.56 Å². The molecule has 18 heavy (non-hydrogen) atoms. The highest BCUT2D eigenvalue weighted by Crippen LogP contribution is 2.17. The van der Waals surface area contributed by atoms with Gasteiger partial charge in [-0.15, -0.1) is 11.3 Å². The summed E-state index contributed by atoms with van der Waals surface area (Å²) in [5.74, 6) is 5.88. The third-order valence-corrected chi connectivity index (χ3v) is 3.55. The van der Waals surface area contributed by atoms with Crippen LogP contribution in [0.1, 0.15) is 16.1 Å². The first-order valence-corrected chi connectivity index (χ1v) is 6.52. The quantitative estimate of drug-likeness (QED) is 0.831. The van der Waals surface area contributed by atoms with Gasteiger partial charge in [-0.25, -0.2) is 0 Å². The largest absolute Gasteiger partial charge is 0.320 e. The maximum Gasteiger partial charge on any atom is 0.251 e. The average Bonchev–Trinajstić information content (AvgIpc) is 2.79. The monoisotopic (exact) mass is 258 g/mol. The third-order valence-electron chi connectivity index (χ3n) is 2.64. The molecule has 0 radical (unpaired) electrons. The van der Waals surface area contributed by atoms with Gasteiger partial charge in [-0.1, -0.05) is 17.9 Å². The Kier molecular flexibility index (Phi) is 3.98. The third kappa shape index (κ3) is 2.70. The Hall–Kier alpha value is -1.83. The lowest BCUT2D eigenvalue weighted by Crippen LogP contribution is -2.21. The molecule has 0 aliphatic carbocycles. The summed E-state index contributed by atoms with van der Waals surface area (Å²) < 4.78 is 1.75. The molecular formula is C14H14N2OS. The normalized spacial score (nSPS) is 9.89. The molecule has 2 aromatic rings. The topological polar surface area (TPSA) is 48.0 Å². The molecule has 0 unspecified atom stereocenters. The van der Waals surface area contributed by atoms with Crippen LogP contribution in [0.25, 0.3) is 0 Å². The second-order valence-corrected chi connectivity index (χ2v) is 4.86. The van der Waals surface area contributed by atoms with Crippen molar-refractivity contribution in [2.24, 2.45) is 5.73 Å². The minimum absolute atomic E-state index is 0.0149. The summed E-state index contributed by atoms with van der Waals surface area (Å²) in [6.07, 6.45) is 0. The minimum atomic E-state index is 0.0149. The number of aryl methyl sites for hydroxylation is 1. The molecule has 4 heteroatoms. The van der Waals surface area contributed by atoms with Gasteiger partial charge < -0.3 is 10.3 Å². The van der Waals surface area contributed by atoms with Crippen LogP contribution in [0.5, 0.6) is 0 Å². The molecule has 2 heterocycles. The minimum Gasteiger partial charge on any atom is -0.320 e. The number of nitrogens with zero attached hydrogens (tertiary/aromatic N) is 1. The molecule has 0 fully saturated rings. The zero-order chi connectivity index (χ0) is 13.0. The first-order valence-electron chi connectivity index (χ1n) is 5.64. The Balaban J connectivity index is 2.35. The number of rotatable bonds is 2. The number of hydrogen-bond acceptors (Lipinski definition) is 3. The van der Waals surface area contributed by atoms with Gasteiger partial charge in [0.05, 0.1) is 13.1 Å². The summed E-state index contributed by atoms with van der Waals surface area (Å²) in [6.45, 7) is 2.84. The first kappa shape index (κ1) is 12.6. The SMILES string of the molecule is Cc1cccc(=O)n1Cc1sccc1C#CCN. The smallest absolute Gasteiger partial charge is 0.251 e. The standard InChI is InChI=1S/C14H14N2OS/c1-11-4-2-6-14(17)16(11)10-13-12(5-3-8-15)7-9-18-13/h2,4,6-7,9H,8,10,15H2,1H3. The lowest BCUT2D eigenvalue weighted by Gasteiger charge is -2.08. The van der Waals surface area contributed by atoms with Crippen LogP contribution in [0.15, 0.2) is 34.4 Å². The molecule has 0 saturated heterocycles. The Labute approximate surface area is 110 Å². The highest BCUT2D eigenvalue weighted by molar-refractivity contribution is 7.10. The van der Waals surface area contributed by atoms with E-state index in [0.717, 1.165) is 16.1 Å². The fourth-order valence-corrected chi connectivity index (χ4v) is 2.51. The molecule has 2 aromatic heterocycles. The van der Waals surface area contributed by atoms with Crippen LogP contribution in [0, 0.1) is 18.8 Å². The summed E-state index contributed by atoms with van der Waals surface area (Å²) in [6, 6.07) is 7.25. The summed E-state index contributed by atoms with van der Waals surface area (Å²) in [7, 11) is 0. The van der Waals surface area contributed by atoms with Gasteiger partial charge in [0.1, 0.15) is 0 Å². The van der Waals surface area contributed by atoms with Crippen molar-refractivity contribution in [3.8, 4) is 11.8 Å². The van der Waals surface area contributed by atoms with Gasteiger partial charge in [-0.05, 0) is 24.4 Å². The molecule has 0 spiro atoms. The van der Waals surface area contributed by atoms with Crippen LogP contribution in [-0.4, -0.2) is 11.1 Å². The van der Waals surface area contributed by atoms with E-state index < -0.39 is 0 Å². The highest BCUT2D eigenvalue weighted by atomic mass is 32.1. The summed E-state index contributed by atoms with van der Waals surface area (Å²) in [5, 5.41) is 1.99. The highest BCUT2D eigenvalue weighted by Gasteiger charge is 2.05. The van der Waals surface area contributed by atoms with Crippen molar-refractivity contribution >= 4 is 11.3 Å². The molecule has 92 valence electrons. The van der Waals surface area contributed by atoms with E-state index in [-0.39, 0.29) is 5.56 Å². The van der Waals surface area contributed by atoms with Gasteiger partial charge in [-0.3, -0.25) is 4.79 Å². The molecule has 0 aliphatic heterocycles. The van der Waals surface area contributed by atoms with E-state index in [1.165, 1.54) is 0 Å². The second kappa shape index (κ2) is 5.67. The summed E-state index contributed by atoms with van der Waals surface area (Å²) >= 11 is 1.61. The van der Waals surface area contributed by atoms with Crippen molar-refractivity contribution in [2.45, 2.75) is 13.5 Å². The van der Waals surface area contributed by atoms with Crippen molar-refractivity contribution < 1.29 is 0 Å². The molecule has 0 amide bonds. The van der Waals surface area contributed by atoms with Gasteiger partial charge in [0.15, 0.2) is 0 Å². The Bertz CT molecular complexity index is 658. The second-order valence-electron chi connectivity index (χ2n) is 3.85. The van der Waals surface area contributed by atoms with Crippen molar-refractivity contribution in [3.05, 3.63) is 56.1 Å². The molecule has 0 atom stereocenters. The van der Waals surface area contributed by atoms with E-state index in [1.54, 1.807) is 28.0 Å². The van der Waals surface area contributed by atoms with E-state index in [0.29, 0.717) is 13.1 Å². The van der Waals surface area contributed by atoms with Gasteiger partial charge >= 0.3 is 0 Å². The molecule has 0 aromatic carbocycles. The predicted octanol–water partition coefficient (Wildman–Crippen LogP) is 1.58. The van der Waals surface area contributed by atoms with Crippen LogP contribution in [0.4, 0.5) is 0 Å². The van der Waals surface area contributed by atoms with Gasteiger partial charge in [0.2, 0.25) is 0 Å². The first-order chi connectivity index (χ1) is 8.72. The molecule has 0 bridgehead atoms. The van der Waals surface area contributed by atoms with Gasteiger partial charge in [-0.2, -0.15) is 0 Å². The number of aromatic nitrogens is 1. The van der Waals surface area contributed by atoms with E-state index in [2.05, 4.69) is 11.8 Å². The lowest BCUT2D eigenvalue weighted by molar-refractivity contribution is 0.738. The summed E-state index contributed by atoms with van der Waals surface area (Å²) in [4.78, 5) is 12.9. The number of nitrogens with two attached hydrogens (primary N) is 1. The number of thiophene rings is 1. The average molecular weight is 258 g/mol. The van der Waals surface area contributed by atoms with E-state index in [1.807, 2.05) is 24.4 Å².